The molecule has 0 radical (unpaired) electrons. The van der Waals surface area contributed by atoms with Gasteiger partial charge in [-0.3, -0.25) is 0 Å². The van der Waals surface area contributed by atoms with Gasteiger partial charge in [0.05, 0.1) is 19.6 Å². The molecule has 0 rings (SSSR count). The minimum absolute atomic E-state index is 0.201. The highest BCUT2D eigenvalue weighted by Crippen LogP contribution is 2.26. The SMILES string of the molecule is CCCCCCCCCCCCCCCC(C(=O)O)[N+](CCCCCC)(CCCCCC)CCCCCC. The van der Waals surface area contributed by atoms with Crippen LogP contribution >= 0.6 is 0 Å². The number of rotatable bonds is 31. The number of quaternary nitrogens is 1. The van der Waals surface area contributed by atoms with E-state index in [1.165, 1.54) is 154 Å². The highest BCUT2D eigenvalue weighted by molar-refractivity contribution is 5.72. The zero-order valence-corrected chi connectivity index (χ0v) is 26.9. The van der Waals surface area contributed by atoms with Gasteiger partial charge in [-0.25, -0.2) is 4.79 Å². The topological polar surface area (TPSA) is 37.3 Å². The Morgan fingerprint density at radius 2 is 0.711 bits per heavy atom. The fourth-order valence-corrected chi connectivity index (χ4v) is 6.35. The van der Waals surface area contributed by atoms with Crippen molar-refractivity contribution in [3.63, 3.8) is 0 Å². The predicted octanol–water partition coefficient (Wildman–Crippen LogP) is 11.5. The number of hydrogen-bond acceptors (Lipinski definition) is 1. The maximum absolute atomic E-state index is 12.7. The van der Waals surface area contributed by atoms with Crippen molar-refractivity contribution in [3.8, 4) is 0 Å². The van der Waals surface area contributed by atoms with Gasteiger partial charge in [0.2, 0.25) is 0 Å². The molecule has 0 spiro atoms. The molecular formula is C35H72NO2+. The fraction of sp³-hybridized carbons (Fsp3) is 0.971. The lowest BCUT2D eigenvalue weighted by molar-refractivity contribution is -0.944. The zero-order valence-electron chi connectivity index (χ0n) is 26.9. The van der Waals surface area contributed by atoms with Crippen LogP contribution in [0.3, 0.4) is 0 Å². The normalized spacial score (nSPS) is 12.7. The Morgan fingerprint density at radius 3 is 1.00 bits per heavy atom. The third kappa shape index (κ3) is 20.3. The first-order chi connectivity index (χ1) is 18.6. The molecule has 0 fully saturated rings. The molecule has 1 atom stereocenters. The minimum atomic E-state index is -0.523. The van der Waals surface area contributed by atoms with E-state index in [1.807, 2.05) is 0 Å². The summed E-state index contributed by atoms with van der Waals surface area (Å²) in [5.74, 6) is -0.523. The van der Waals surface area contributed by atoms with Crippen molar-refractivity contribution >= 4 is 5.97 Å². The molecule has 1 N–H and O–H groups in total. The molecule has 0 aromatic carbocycles. The Hall–Kier alpha value is -0.570. The Labute approximate surface area is 240 Å². The first kappa shape index (κ1) is 37.4. The number of carboxylic acids is 1. The van der Waals surface area contributed by atoms with E-state index in [2.05, 4.69) is 27.7 Å². The van der Waals surface area contributed by atoms with Crippen LogP contribution in [-0.4, -0.2) is 41.2 Å². The molecule has 0 aromatic rings. The lowest BCUT2D eigenvalue weighted by atomic mass is 9.98. The summed E-state index contributed by atoms with van der Waals surface area (Å²) in [5, 5.41) is 10.5. The van der Waals surface area contributed by atoms with Crippen molar-refractivity contribution < 1.29 is 14.4 Å². The molecule has 3 heteroatoms. The van der Waals surface area contributed by atoms with Crippen LogP contribution in [0.1, 0.15) is 195 Å². The van der Waals surface area contributed by atoms with Crippen molar-refractivity contribution in [2.45, 2.75) is 201 Å². The number of unbranched alkanes of at least 4 members (excludes halogenated alkanes) is 21. The molecular weight excluding hydrogens is 466 g/mol. The molecule has 0 aliphatic rings. The first-order valence-electron chi connectivity index (χ1n) is 17.7. The highest BCUT2D eigenvalue weighted by Gasteiger charge is 2.40. The molecule has 0 saturated carbocycles. The molecule has 0 amide bonds. The van der Waals surface area contributed by atoms with Gasteiger partial charge in [0.25, 0.3) is 0 Å². The van der Waals surface area contributed by atoms with Gasteiger partial charge in [-0.15, -0.1) is 0 Å². The second kappa shape index (κ2) is 28.0. The summed E-state index contributed by atoms with van der Waals surface area (Å²) >= 11 is 0. The molecule has 0 aromatic heterocycles. The van der Waals surface area contributed by atoms with Gasteiger partial charge in [0.15, 0.2) is 6.04 Å². The van der Waals surface area contributed by atoms with Crippen LogP contribution in [0, 0.1) is 0 Å². The van der Waals surface area contributed by atoms with E-state index in [1.54, 1.807) is 0 Å². The molecule has 228 valence electrons. The Kier molecular flexibility index (Phi) is 27.6. The number of carboxylic acid groups (broad SMARTS) is 1. The van der Waals surface area contributed by atoms with Gasteiger partial charge in [0.1, 0.15) is 0 Å². The molecule has 1 unspecified atom stereocenters. The van der Waals surface area contributed by atoms with Crippen molar-refractivity contribution in [2.75, 3.05) is 19.6 Å². The third-order valence-corrected chi connectivity index (χ3v) is 8.90. The van der Waals surface area contributed by atoms with Crippen molar-refractivity contribution in [1.82, 2.24) is 0 Å². The van der Waals surface area contributed by atoms with E-state index in [9.17, 15) is 9.90 Å². The summed E-state index contributed by atoms with van der Waals surface area (Å²) in [7, 11) is 0. The van der Waals surface area contributed by atoms with E-state index in [-0.39, 0.29) is 6.04 Å². The molecule has 0 aliphatic carbocycles. The Morgan fingerprint density at radius 1 is 0.447 bits per heavy atom. The predicted molar refractivity (Wildman–Crippen MR) is 169 cm³/mol. The van der Waals surface area contributed by atoms with E-state index in [4.69, 9.17) is 0 Å². The number of nitrogens with zero attached hydrogens (tertiary/aromatic N) is 1. The van der Waals surface area contributed by atoms with Gasteiger partial charge in [-0.05, 0) is 44.9 Å². The van der Waals surface area contributed by atoms with E-state index in [0.29, 0.717) is 0 Å². The minimum Gasteiger partial charge on any atom is -0.477 e. The van der Waals surface area contributed by atoms with Crippen molar-refractivity contribution in [3.05, 3.63) is 0 Å². The van der Waals surface area contributed by atoms with E-state index < -0.39 is 5.97 Å². The molecule has 0 heterocycles. The summed E-state index contributed by atoms with van der Waals surface area (Å²) in [5.41, 5.74) is 0. The molecule has 0 saturated heterocycles. The van der Waals surface area contributed by atoms with Crippen molar-refractivity contribution in [2.24, 2.45) is 0 Å². The summed E-state index contributed by atoms with van der Waals surface area (Å²) < 4.78 is 0.866. The van der Waals surface area contributed by atoms with Crippen LogP contribution in [0.25, 0.3) is 0 Å². The number of hydrogen-bond donors (Lipinski definition) is 1. The van der Waals surface area contributed by atoms with Crippen LogP contribution in [-0.2, 0) is 4.79 Å². The Balaban J connectivity index is 4.79. The number of carbonyl (C=O) groups is 1. The molecule has 0 bridgehead atoms. The summed E-state index contributed by atoms with van der Waals surface area (Å²) in [6.45, 7) is 12.3. The fourth-order valence-electron chi connectivity index (χ4n) is 6.35. The third-order valence-electron chi connectivity index (χ3n) is 8.90. The average molecular weight is 539 g/mol. The van der Waals surface area contributed by atoms with Crippen molar-refractivity contribution in [1.29, 1.82) is 0 Å². The van der Waals surface area contributed by atoms with E-state index >= 15 is 0 Å². The first-order valence-corrected chi connectivity index (χ1v) is 17.7. The monoisotopic (exact) mass is 539 g/mol. The second-order valence-electron chi connectivity index (χ2n) is 12.5. The Bertz CT molecular complexity index is 461. The second-order valence-corrected chi connectivity index (χ2v) is 12.5. The average Bonchev–Trinajstić information content (AvgIpc) is 2.91. The molecule has 0 aliphatic heterocycles. The van der Waals surface area contributed by atoms with E-state index in [0.717, 1.165) is 37.0 Å². The van der Waals surface area contributed by atoms with Gasteiger partial charge in [0, 0.05) is 6.42 Å². The van der Waals surface area contributed by atoms with Gasteiger partial charge < -0.3 is 9.59 Å². The maximum Gasteiger partial charge on any atom is 0.362 e. The molecule has 3 nitrogen and oxygen atoms in total. The summed E-state index contributed by atoms with van der Waals surface area (Å²) in [6, 6.07) is -0.201. The van der Waals surface area contributed by atoms with Gasteiger partial charge >= 0.3 is 5.97 Å². The lowest BCUT2D eigenvalue weighted by Gasteiger charge is -2.44. The largest absolute Gasteiger partial charge is 0.477 e. The van der Waals surface area contributed by atoms with Crippen LogP contribution in [0.15, 0.2) is 0 Å². The van der Waals surface area contributed by atoms with Gasteiger partial charge in [-0.2, -0.15) is 0 Å². The van der Waals surface area contributed by atoms with Gasteiger partial charge in [-0.1, -0.05) is 143 Å². The van der Waals surface area contributed by atoms with Crippen LogP contribution in [0.2, 0.25) is 0 Å². The maximum atomic E-state index is 12.7. The quantitative estimate of drug-likeness (QED) is 0.0703. The molecule has 38 heavy (non-hydrogen) atoms. The zero-order chi connectivity index (χ0) is 28.2. The summed E-state index contributed by atoms with van der Waals surface area (Å²) in [6.07, 6.45) is 33.3. The number of aliphatic carboxylic acids is 1. The van der Waals surface area contributed by atoms with Crippen LogP contribution in [0.5, 0.6) is 0 Å². The standard InChI is InChI=1S/C35H71NO2/c1-5-9-13-17-18-19-20-21-22-23-24-25-26-30-34(35(37)38)36(31-27-14-10-6-2,32-28-15-11-7-3)33-29-16-12-8-4/h34H,5-33H2,1-4H3/p+1. The highest BCUT2D eigenvalue weighted by atomic mass is 16.4. The van der Waals surface area contributed by atoms with Crippen LogP contribution < -0.4 is 0 Å². The van der Waals surface area contributed by atoms with Crippen LogP contribution in [0.4, 0.5) is 0 Å². The summed E-state index contributed by atoms with van der Waals surface area (Å²) in [4.78, 5) is 12.7. The smallest absolute Gasteiger partial charge is 0.362 e. The lowest BCUT2D eigenvalue weighted by Crippen LogP contribution is -2.60.